The number of rotatable bonds is 3. The Kier molecular flexibility index (Phi) is 4.10. The third-order valence-corrected chi connectivity index (χ3v) is 3.78. The number of benzene rings is 1. The summed E-state index contributed by atoms with van der Waals surface area (Å²) in [7, 11) is 0. The molecule has 0 saturated carbocycles. The van der Waals surface area contributed by atoms with Gasteiger partial charge in [0.05, 0.1) is 5.92 Å². The molecule has 1 aliphatic heterocycles. The molecule has 1 heterocycles. The molecule has 1 fully saturated rings. The van der Waals surface area contributed by atoms with Gasteiger partial charge in [0, 0.05) is 11.6 Å². The highest BCUT2D eigenvalue weighted by atomic mass is 35.5. The molecule has 0 radical (unpaired) electrons. The van der Waals surface area contributed by atoms with Crippen molar-refractivity contribution in [1.82, 2.24) is 4.90 Å². The summed E-state index contributed by atoms with van der Waals surface area (Å²) in [5.41, 5.74) is 0.813. The van der Waals surface area contributed by atoms with E-state index in [0.717, 1.165) is 12.0 Å². The molecule has 102 valence electrons. The lowest BCUT2D eigenvalue weighted by Crippen LogP contribution is -2.42. The number of carboxylic acids is 1. The Bertz CT molecular complexity index is 503. The molecular weight excluding hydrogens is 266 g/mol. The fourth-order valence-corrected chi connectivity index (χ4v) is 2.65. The number of amides is 1. The first-order valence-electron chi connectivity index (χ1n) is 6.29. The Hall–Kier alpha value is -1.55. The number of hydrogen-bond donors (Lipinski definition) is 1. The highest BCUT2D eigenvalue weighted by Gasteiger charge is 2.36. The van der Waals surface area contributed by atoms with E-state index in [4.69, 9.17) is 16.7 Å². The minimum Gasteiger partial charge on any atom is -0.480 e. The molecule has 2 atom stereocenters. The Morgan fingerprint density at radius 1 is 1.47 bits per heavy atom. The van der Waals surface area contributed by atoms with Gasteiger partial charge in [0.2, 0.25) is 5.91 Å². The zero-order chi connectivity index (χ0) is 14.0. The van der Waals surface area contributed by atoms with Crippen molar-refractivity contribution in [1.29, 1.82) is 0 Å². The van der Waals surface area contributed by atoms with Crippen LogP contribution >= 0.6 is 11.6 Å². The third-order valence-electron chi connectivity index (χ3n) is 3.54. The van der Waals surface area contributed by atoms with E-state index in [0.29, 0.717) is 18.0 Å². The van der Waals surface area contributed by atoms with E-state index >= 15 is 0 Å². The van der Waals surface area contributed by atoms with Crippen molar-refractivity contribution in [2.45, 2.75) is 31.7 Å². The molecule has 1 amide bonds. The first kappa shape index (κ1) is 13.9. The Balaban J connectivity index is 2.17. The molecule has 4 nitrogen and oxygen atoms in total. The molecule has 1 N–H and O–H groups in total. The minimum atomic E-state index is -0.927. The summed E-state index contributed by atoms with van der Waals surface area (Å²) in [5.74, 6) is -1.45. The van der Waals surface area contributed by atoms with Crippen LogP contribution in [-0.2, 0) is 9.59 Å². The molecule has 1 aromatic rings. The van der Waals surface area contributed by atoms with Gasteiger partial charge >= 0.3 is 5.97 Å². The summed E-state index contributed by atoms with van der Waals surface area (Å²) < 4.78 is 0. The van der Waals surface area contributed by atoms with Gasteiger partial charge in [-0.2, -0.15) is 0 Å². The van der Waals surface area contributed by atoms with E-state index in [-0.39, 0.29) is 11.8 Å². The van der Waals surface area contributed by atoms with Crippen molar-refractivity contribution in [3.63, 3.8) is 0 Å². The first-order chi connectivity index (χ1) is 9.00. The topological polar surface area (TPSA) is 57.6 Å². The summed E-state index contributed by atoms with van der Waals surface area (Å²) in [5, 5.41) is 9.69. The van der Waals surface area contributed by atoms with Crippen LogP contribution in [0.15, 0.2) is 24.3 Å². The van der Waals surface area contributed by atoms with Crippen molar-refractivity contribution >= 4 is 23.5 Å². The smallest absolute Gasteiger partial charge is 0.326 e. The SMILES string of the molecule is C[C@H](C(=O)N1CCC[C@@H]1C(=O)O)c1cccc(Cl)c1. The maximum atomic E-state index is 12.4. The number of carbonyl (C=O) groups excluding carboxylic acids is 1. The lowest BCUT2D eigenvalue weighted by Gasteiger charge is -2.25. The van der Waals surface area contributed by atoms with E-state index < -0.39 is 12.0 Å². The average molecular weight is 282 g/mol. The molecule has 0 aromatic heterocycles. The van der Waals surface area contributed by atoms with Crippen molar-refractivity contribution in [3.05, 3.63) is 34.9 Å². The van der Waals surface area contributed by atoms with Crippen LogP contribution in [-0.4, -0.2) is 34.5 Å². The van der Waals surface area contributed by atoms with E-state index in [9.17, 15) is 9.59 Å². The number of halogens is 1. The van der Waals surface area contributed by atoms with Gasteiger partial charge in [-0.15, -0.1) is 0 Å². The molecule has 5 heteroatoms. The molecule has 0 bridgehead atoms. The fourth-order valence-electron chi connectivity index (χ4n) is 2.45. The normalized spacial score (nSPS) is 20.3. The second kappa shape index (κ2) is 5.61. The highest BCUT2D eigenvalue weighted by molar-refractivity contribution is 6.30. The Morgan fingerprint density at radius 2 is 2.21 bits per heavy atom. The fraction of sp³-hybridized carbons (Fsp3) is 0.429. The first-order valence-corrected chi connectivity index (χ1v) is 6.67. The zero-order valence-corrected chi connectivity index (χ0v) is 11.4. The number of aliphatic carboxylic acids is 1. The minimum absolute atomic E-state index is 0.146. The molecular formula is C14H16ClNO3. The lowest BCUT2D eigenvalue weighted by atomic mass is 9.99. The molecule has 1 aliphatic rings. The van der Waals surface area contributed by atoms with Crippen LogP contribution in [0.5, 0.6) is 0 Å². The standard InChI is InChI=1S/C14H16ClNO3/c1-9(10-4-2-5-11(15)8-10)13(17)16-7-3-6-12(16)14(18)19/h2,4-5,8-9,12H,3,6-7H2,1H3,(H,18,19)/t9-,12+/m0/s1. The van der Waals surface area contributed by atoms with Crippen LogP contribution in [0.3, 0.4) is 0 Å². The van der Waals surface area contributed by atoms with Crippen LogP contribution < -0.4 is 0 Å². The van der Waals surface area contributed by atoms with Crippen LogP contribution in [0.4, 0.5) is 0 Å². The predicted molar refractivity (Wildman–Crippen MR) is 72.2 cm³/mol. The predicted octanol–water partition coefficient (Wildman–Crippen LogP) is 2.52. The second-order valence-electron chi connectivity index (χ2n) is 4.80. The third kappa shape index (κ3) is 2.89. The molecule has 1 saturated heterocycles. The molecule has 1 aromatic carbocycles. The largest absolute Gasteiger partial charge is 0.480 e. The maximum Gasteiger partial charge on any atom is 0.326 e. The number of likely N-dealkylation sites (tertiary alicyclic amines) is 1. The highest BCUT2D eigenvalue weighted by Crippen LogP contribution is 2.26. The molecule has 19 heavy (non-hydrogen) atoms. The number of nitrogens with zero attached hydrogens (tertiary/aromatic N) is 1. The van der Waals surface area contributed by atoms with Gasteiger partial charge in [0.15, 0.2) is 0 Å². The summed E-state index contributed by atoms with van der Waals surface area (Å²) in [6.07, 6.45) is 1.27. The van der Waals surface area contributed by atoms with Crippen molar-refractivity contribution in [3.8, 4) is 0 Å². The Labute approximate surface area is 117 Å². The summed E-state index contributed by atoms with van der Waals surface area (Å²) >= 11 is 5.91. The van der Waals surface area contributed by atoms with Gasteiger partial charge in [0.25, 0.3) is 0 Å². The number of carboxylic acid groups (broad SMARTS) is 1. The van der Waals surface area contributed by atoms with Gasteiger partial charge in [0.1, 0.15) is 6.04 Å². The number of hydrogen-bond acceptors (Lipinski definition) is 2. The maximum absolute atomic E-state index is 12.4. The van der Waals surface area contributed by atoms with Gasteiger partial charge in [-0.05, 0) is 37.5 Å². The second-order valence-corrected chi connectivity index (χ2v) is 5.24. The van der Waals surface area contributed by atoms with Crippen molar-refractivity contribution in [2.75, 3.05) is 6.54 Å². The van der Waals surface area contributed by atoms with E-state index in [2.05, 4.69) is 0 Å². The Morgan fingerprint density at radius 3 is 2.84 bits per heavy atom. The van der Waals surface area contributed by atoms with E-state index in [1.807, 2.05) is 6.07 Å². The molecule has 0 aliphatic carbocycles. The van der Waals surface area contributed by atoms with E-state index in [1.54, 1.807) is 25.1 Å². The average Bonchev–Trinajstić information content (AvgIpc) is 2.86. The van der Waals surface area contributed by atoms with Crippen molar-refractivity contribution in [2.24, 2.45) is 0 Å². The van der Waals surface area contributed by atoms with Crippen LogP contribution in [0.1, 0.15) is 31.2 Å². The van der Waals surface area contributed by atoms with Crippen LogP contribution in [0.25, 0.3) is 0 Å². The summed E-state index contributed by atoms with van der Waals surface area (Å²) in [6, 6.07) is 6.43. The zero-order valence-electron chi connectivity index (χ0n) is 10.7. The van der Waals surface area contributed by atoms with Crippen molar-refractivity contribution < 1.29 is 14.7 Å². The number of carbonyl (C=O) groups is 2. The molecule has 0 spiro atoms. The van der Waals surface area contributed by atoms with Crippen LogP contribution in [0, 0.1) is 0 Å². The monoisotopic (exact) mass is 281 g/mol. The summed E-state index contributed by atoms with van der Waals surface area (Å²) in [4.78, 5) is 25.0. The quantitative estimate of drug-likeness (QED) is 0.926. The van der Waals surface area contributed by atoms with Gasteiger partial charge in [-0.1, -0.05) is 23.7 Å². The molecule has 2 rings (SSSR count). The van der Waals surface area contributed by atoms with Gasteiger partial charge in [-0.3, -0.25) is 4.79 Å². The summed E-state index contributed by atoms with van der Waals surface area (Å²) in [6.45, 7) is 2.30. The van der Waals surface area contributed by atoms with Crippen LogP contribution in [0.2, 0.25) is 5.02 Å². The van der Waals surface area contributed by atoms with E-state index in [1.165, 1.54) is 4.90 Å². The van der Waals surface area contributed by atoms with Gasteiger partial charge in [-0.25, -0.2) is 4.79 Å². The molecule has 0 unspecified atom stereocenters. The lowest BCUT2D eigenvalue weighted by molar-refractivity contribution is -0.148. The van der Waals surface area contributed by atoms with Gasteiger partial charge < -0.3 is 10.0 Å².